The van der Waals surface area contributed by atoms with E-state index in [9.17, 15) is 0 Å². The average molecular weight is 360 g/mol. The lowest BCUT2D eigenvalue weighted by Gasteiger charge is -2.25. The van der Waals surface area contributed by atoms with Crippen LogP contribution in [0.15, 0.2) is 59.6 Å². The molecule has 4 aromatic rings. The number of hydrogen-bond donors (Lipinski definition) is 1. The highest BCUT2D eigenvalue weighted by Gasteiger charge is 2.29. The molecule has 7 heteroatoms. The highest BCUT2D eigenvalue weighted by atomic mass is 16.3. The lowest BCUT2D eigenvalue weighted by atomic mass is 10.1. The molecule has 0 amide bonds. The number of benzene rings is 1. The van der Waals surface area contributed by atoms with Crippen molar-refractivity contribution in [1.82, 2.24) is 19.5 Å². The van der Waals surface area contributed by atoms with Crippen molar-refractivity contribution >= 4 is 28.7 Å². The summed E-state index contributed by atoms with van der Waals surface area (Å²) in [6, 6.07) is 12.7. The first-order valence-corrected chi connectivity index (χ1v) is 9.10. The van der Waals surface area contributed by atoms with Crippen molar-refractivity contribution in [3.63, 3.8) is 0 Å². The maximum Gasteiger partial charge on any atom is 0.228 e. The van der Waals surface area contributed by atoms with Gasteiger partial charge < -0.3 is 19.2 Å². The van der Waals surface area contributed by atoms with Crippen LogP contribution in [0.2, 0.25) is 0 Å². The Morgan fingerprint density at radius 2 is 2.04 bits per heavy atom. The van der Waals surface area contributed by atoms with E-state index >= 15 is 0 Å². The monoisotopic (exact) mass is 360 g/mol. The number of anilines is 3. The fourth-order valence-corrected chi connectivity index (χ4v) is 3.69. The molecule has 0 aliphatic carbocycles. The van der Waals surface area contributed by atoms with Crippen LogP contribution in [0.4, 0.5) is 17.6 Å². The van der Waals surface area contributed by atoms with Crippen molar-refractivity contribution in [3.8, 4) is 0 Å². The topological polar surface area (TPSA) is 72.0 Å². The molecule has 5 rings (SSSR count). The van der Waals surface area contributed by atoms with Gasteiger partial charge in [-0.2, -0.15) is 4.98 Å². The Morgan fingerprint density at radius 3 is 2.85 bits per heavy atom. The number of aromatic nitrogens is 4. The lowest BCUT2D eigenvalue weighted by Crippen LogP contribution is -2.24. The van der Waals surface area contributed by atoms with Gasteiger partial charge in [-0.1, -0.05) is 30.3 Å². The van der Waals surface area contributed by atoms with E-state index in [-0.39, 0.29) is 0 Å². The predicted octanol–water partition coefficient (Wildman–Crippen LogP) is 4.04. The van der Waals surface area contributed by atoms with E-state index in [1.165, 1.54) is 5.56 Å². The molecule has 1 aliphatic rings. The molecule has 0 spiro atoms. The Hall–Kier alpha value is -3.35. The van der Waals surface area contributed by atoms with Crippen LogP contribution in [0.25, 0.3) is 11.1 Å². The number of hydrogen-bond acceptors (Lipinski definition) is 6. The fourth-order valence-electron chi connectivity index (χ4n) is 3.69. The smallest absolute Gasteiger partial charge is 0.228 e. The Bertz CT molecular complexity index is 1070. The lowest BCUT2D eigenvalue weighted by molar-refractivity contribution is 0.614. The second kappa shape index (κ2) is 6.42. The van der Waals surface area contributed by atoms with Crippen LogP contribution >= 0.6 is 0 Å². The van der Waals surface area contributed by atoms with E-state index < -0.39 is 0 Å². The minimum absolute atomic E-state index is 0.290. The third-order valence-corrected chi connectivity index (χ3v) is 4.94. The predicted molar refractivity (Wildman–Crippen MR) is 104 cm³/mol. The maximum absolute atomic E-state index is 5.62. The number of imidazole rings is 1. The minimum Gasteiger partial charge on any atom is -0.459 e. The molecule has 27 heavy (non-hydrogen) atoms. The molecule has 136 valence electrons. The Morgan fingerprint density at radius 1 is 1.15 bits per heavy atom. The molecule has 1 unspecified atom stereocenters. The van der Waals surface area contributed by atoms with Crippen molar-refractivity contribution in [1.29, 1.82) is 0 Å². The van der Waals surface area contributed by atoms with Gasteiger partial charge in [0.25, 0.3) is 0 Å². The number of rotatable bonds is 4. The van der Waals surface area contributed by atoms with Gasteiger partial charge in [-0.3, -0.25) is 0 Å². The number of nitrogens with zero attached hydrogens (tertiary/aromatic N) is 5. The summed E-state index contributed by atoms with van der Waals surface area (Å²) in [5.74, 6) is 2.08. The molecule has 7 nitrogen and oxygen atoms in total. The molecular formula is C20H20N6O. The van der Waals surface area contributed by atoms with E-state index in [0.29, 0.717) is 23.4 Å². The van der Waals surface area contributed by atoms with Crippen molar-refractivity contribution in [3.05, 3.63) is 60.7 Å². The first kappa shape index (κ1) is 15.9. The number of nitrogens with one attached hydrogen (secondary N) is 1. The van der Waals surface area contributed by atoms with Gasteiger partial charge in [0, 0.05) is 25.9 Å². The molecular weight excluding hydrogens is 340 g/mol. The van der Waals surface area contributed by atoms with Crippen LogP contribution in [0.1, 0.15) is 24.4 Å². The SMILES string of the molecule is Cn1cnc(Nc2nc(N3CCCC3c3ccccc3)nc3ccoc23)c1. The normalized spacial score (nSPS) is 16.9. The first-order chi connectivity index (χ1) is 13.3. The van der Waals surface area contributed by atoms with Gasteiger partial charge in [0.15, 0.2) is 11.4 Å². The van der Waals surface area contributed by atoms with Crippen molar-refractivity contribution < 1.29 is 4.42 Å². The summed E-state index contributed by atoms with van der Waals surface area (Å²) < 4.78 is 7.50. The van der Waals surface area contributed by atoms with Gasteiger partial charge in [0.05, 0.1) is 18.6 Å². The van der Waals surface area contributed by atoms with Gasteiger partial charge in [-0.25, -0.2) is 9.97 Å². The van der Waals surface area contributed by atoms with Gasteiger partial charge in [0.1, 0.15) is 11.3 Å². The molecule has 1 saturated heterocycles. The second-order valence-corrected chi connectivity index (χ2v) is 6.82. The van der Waals surface area contributed by atoms with Gasteiger partial charge >= 0.3 is 0 Å². The highest BCUT2D eigenvalue weighted by Crippen LogP contribution is 2.36. The van der Waals surface area contributed by atoms with Gasteiger partial charge in [-0.15, -0.1) is 0 Å². The molecule has 0 saturated carbocycles. The van der Waals surface area contributed by atoms with E-state index in [1.54, 1.807) is 12.6 Å². The molecule has 1 fully saturated rings. The summed E-state index contributed by atoms with van der Waals surface area (Å²) in [7, 11) is 1.93. The molecule has 1 aliphatic heterocycles. The van der Waals surface area contributed by atoms with E-state index in [1.807, 2.05) is 29.9 Å². The van der Waals surface area contributed by atoms with Crippen LogP contribution < -0.4 is 10.2 Å². The Labute approximate surface area is 156 Å². The average Bonchev–Trinajstić information content (AvgIpc) is 3.42. The number of aryl methyl sites for hydroxylation is 1. The van der Waals surface area contributed by atoms with E-state index in [2.05, 4.69) is 39.5 Å². The zero-order valence-electron chi connectivity index (χ0n) is 15.0. The van der Waals surface area contributed by atoms with Crippen molar-refractivity contribution in [2.45, 2.75) is 18.9 Å². The van der Waals surface area contributed by atoms with E-state index in [0.717, 1.165) is 30.7 Å². The second-order valence-electron chi connectivity index (χ2n) is 6.82. The summed E-state index contributed by atoms with van der Waals surface area (Å²) in [5, 5.41) is 3.27. The van der Waals surface area contributed by atoms with Crippen molar-refractivity contribution in [2.24, 2.45) is 7.05 Å². The molecule has 1 aromatic carbocycles. The third-order valence-electron chi connectivity index (χ3n) is 4.94. The zero-order valence-corrected chi connectivity index (χ0v) is 15.0. The minimum atomic E-state index is 0.290. The van der Waals surface area contributed by atoms with Crippen LogP contribution in [-0.2, 0) is 7.05 Å². The highest BCUT2D eigenvalue weighted by molar-refractivity contribution is 5.86. The molecule has 3 aromatic heterocycles. The fraction of sp³-hybridized carbons (Fsp3) is 0.250. The van der Waals surface area contributed by atoms with Crippen molar-refractivity contribution in [2.75, 3.05) is 16.8 Å². The van der Waals surface area contributed by atoms with Crippen LogP contribution in [-0.4, -0.2) is 26.1 Å². The standard InChI is InChI=1S/C20H20N6O/c1-25-12-17(21-13-25)23-19-18-15(9-11-27-18)22-20(24-19)26-10-5-8-16(26)14-6-3-2-4-7-14/h2-4,6-7,9,11-13,16H,5,8,10H2,1H3,(H,22,23,24). The molecule has 0 bridgehead atoms. The largest absolute Gasteiger partial charge is 0.459 e. The molecule has 1 N–H and O–H groups in total. The van der Waals surface area contributed by atoms with Gasteiger partial charge in [-0.05, 0) is 18.4 Å². The van der Waals surface area contributed by atoms with Gasteiger partial charge in [0.2, 0.25) is 5.95 Å². The quantitative estimate of drug-likeness (QED) is 0.592. The molecule has 4 heterocycles. The first-order valence-electron chi connectivity index (χ1n) is 9.10. The Kier molecular flexibility index (Phi) is 3.78. The van der Waals surface area contributed by atoms with Crippen LogP contribution in [0.3, 0.4) is 0 Å². The van der Waals surface area contributed by atoms with Crippen LogP contribution in [0, 0.1) is 0 Å². The summed E-state index contributed by atoms with van der Waals surface area (Å²) in [5.41, 5.74) is 2.72. The summed E-state index contributed by atoms with van der Waals surface area (Å²) >= 11 is 0. The summed E-state index contributed by atoms with van der Waals surface area (Å²) in [4.78, 5) is 16.2. The Balaban J connectivity index is 1.55. The summed E-state index contributed by atoms with van der Waals surface area (Å²) in [6.45, 7) is 0.936. The molecule has 0 radical (unpaired) electrons. The molecule has 1 atom stereocenters. The third kappa shape index (κ3) is 2.91. The van der Waals surface area contributed by atoms with Crippen LogP contribution in [0.5, 0.6) is 0 Å². The summed E-state index contributed by atoms with van der Waals surface area (Å²) in [6.07, 6.45) is 7.51. The maximum atomic E-state index is 5.62. The number of fused-ring (bicyclic) bond motifs is 1. The number of furan rings is 1. The zero-order chi connectivity index (χ0) is 18.2. The van der Waals surface area contributed by atoms with E-state index in [4.69, 9.17) is 14.4 Å².